The number of rotatable bonds is 7. The molecule has 2 fully saturated rings. The molecule has 11 nitrogen and oxygen atoms in total. The highest BCUT2D eigenvalue weighted by atomic mass is 35.5. The highest BCUT2D eigenvalue weighted by Gasteiger charge is 2.42. The van der Waals surface area contributed by atoms with Gasteiger partial charge in [-0.05, 0) is 62.5 Å². The molecule has 244 valence electrons. The van der Waals surface area contributed by atoms with Crippen molar-refractivity contribution in [1.82, 2.24) is 39.6 Å². The lowest BCUT2D eigenvalue weighted by Crippen LogP contribution is -2.35. The number of fused-ring (bicyclic) bond motifs is 2. The van der Waals surface area contributed by atoms with Crippen molar-refractivity contribution < 1.29 is 27.4 Å². The van der Waals surface area contributed by atoms with Crippen molar-refractivity contribution in [2.24, 2.45) is 0 Å². The number of nitrogens with one attached hydrogen (secondary N) is 1. The van der Waals surface area contributed by atoms with Crippen LogP contribution in [0.5, 0.6) is 11.5 Å². The van der Waals surface area contributed by atoms with Gasteiger partial charge in [0, 0.05) is 37.1 Å². The summed E-state index contributed by atoms with van der Waals surface area (Å²) in [6.45, 7) is 5.45. The lowest BCUT2D eigenvalue weighted by Gasteiger charge is -2.33. The monoisotopic (exact) mass is 666 g/mol. The van der Waals surface area contributed by atoms with Crippen LogP contribution >= 0.6 is 11.6 Å². The van der Waals surface area contributed by atoms with Gasteiger partial charge < -0.3 is 23.8 Å². The van der Waals surface area contributed by atoms with E-state index in [2.05, 4.69) is 40.7 Å². The normalized spacial score (nSPS) is 21.8. The van der Waals surface area contributed by atoms with Crippen molar-refractivity contribution >= 4 is 22.8 Å². The quantitative estimate of drug-likeness (QED) is 0.220. The Balaban J connectivity index is 0.996. The van der Waals surface area contributed by atoms with Crippen LogP contribution in [0.3, 0.4) is 0 Å². The van der Waals surface area contributed by atoms with E-state index in [9.17, 15) is 13.2 Å². The number of benzene rings is 1. The van der Waals surface area contributed by atoms with Crippen LogP contribution in [-0.2, 0) is 29.8 Å². The number of aromatic nitrogens is 7. The van der Waals surface area contributed by atoms with Gasteiger partial charge in [0.1, 0.15) is 17.0 Å². The van der Waals surface area contributed by atoms with Crippen LogP contribution in [0.4, 0.5) is 13.2 Å². The fourth-order valence-electron chi connectivity index (χ4n) is 6.47. The van der Waals surface area contributed by atoms with Crippen molar-refractivity contribution in [2.45, 2.75) is 63.3 Å². The molecule has 47 heavy (non-hydrogen) atoms. The number of pyridine rings is 2. The minimum Gasteiger partial charge on any atom is -0.443 e. The van der Waals surface area contributed by atoms with Crippen molar-refractivity contribution in [3.05, 3.63) is 76.7 Å². The molecule has 3 aliphatic heterocycles. The van der Waals surface area contributed by atoms with E-state index in [0.29, 0.717) is 46.3 Å². The van der Waals surface area contributed by atoms with Crippen molar-refractivity contribution in [2.75, 3.05) is 19.7 Å². The Labute approximate surface area is 272 Å². The van der Waals surface area contributed by atoms with Crippen LogP contribution in [0.1, 0.15) is 55.0 Å². The molecule has 15 heteroatoms. The Hall–Kier alpha value is -4.27. The number of halogens is 4. The molecule has 0 aliphatic carbocycles. The summed E-state index contributed by atoms with van der Waals surface area (Å²) in [5.74, 6) is 0.340. The van der Waals surface area contributed by atoms with Crippen molar-refractivity contribution in [3.63, 3.8) is 0 Å². The zero-order valence-corrected chi connectivity index (χ0v) is 26.1. The maximum atomic E-state index is 13.1. The van der Waals surface area contributed by atoms with Gasteiger partial charge >= 0.3 is 6.18 Å². The SMILES string of the molecule is CC1(c2ccc(Cl)cn2)Oc2cccc(C3CCN(Cc4nc5cc(-c6nnc(C(F)(F)F)[nH]6)cnc5n4CC4CCO4)CC3)c2O1. The molecule has 5 aromatic rings. The molecule has 0 radical (unpaired) electrons. The average Bonchev–Trinajstić information content (AvgIpc) is 3.75. The molecular weight excluding hydrogens is 637 g/mol. The maximum Gasteiger partial charge on any atom is 0.451 e. The third-order valence-corrected chi connectivity index (χ3v) is 9.29. The minimum atomic E-state index is -4.62. The number of nitrogens with zero attached hydrogens (tertiary/aromatic N) is 7. The summed E-state index contributed by atoms with van der Waals surface area (Å²) in [7, 11) is 0. The van der Waals surface area contributed by atoms with E-state index < -0.39 is 17.8 Å². The van der Waals surface area contributed by atoms with Crippen LogP contribution in [-0.4, -0.2) is 65.4 Å². The first-order valence-electron chi connectivity index (χ1n) is 15.5. The largest absolute Gasteiger partial charge is 0.451 e. The lowest BCUT2D eigenvalue weighted by molar-refractivity contribution is -0.144. The predicted octanol–water partition coefficient (Wildman–Crippen LogP) is 6.10. The van der Waals surface area contributed by atoms with Gasteiger partial charge in [0.15, 0.2) is 23.0 Å². The van der Waals surface area contributed by atoms with Gasteiger partial charge in [-0.1, -0.05) is 23.7 Å². The summed E-state index contributed by atoms with van der Waals surface area (Å²) >= 11 is 6.05. The fraction of sp³-hybridized carbons (Fsp3) is 0.406. The number of aromatic amines is 1. The van der Waals surface area contributed by atoms with E-state index in [-0.39, 0.29) is 17.8 Å². The van der Waals surface area contributed by atoms with Crippen LogP contribution < -0.4 is 9.47 Å². The Morgan fingerprint density at radius 3 is 2.57 bits per heavy atom. The molecule has 0 amide bonds. The number of hydrogen-bond acceptors (Lipinski definition) is 9. The highest BCUT2D eigenvalue weighted by molar-refractivity contribution is 6.30. The van der Waals surface area contributed by atoms with Crippen molar-refractivity contribution in [1.29, 1.82) is 0 Å². The summed E-state index contributed by atoms with van der Waals surface area (Å²) in [5, 5.41) is 7.47. The number of alkyl halides is 3. The summed E-state index contributed by atoms with van der Waals surface area (Å²) < 4.78 is 59.8. The highest BCUT2D eigenvalue weighted by Crippen LogP contribution is 2.49. The Morgan fingerprint density at radius 2 is 1.87 bits per heavy atom. The first-order valence-corrected chi connectivity index (χ1v) is 15.8. The van der Waals surface area contributed by atoms with E-state index in [0.717, 1.165) is 56.1 Å². The number of H-pyrrole nitrogens is 1. The third kappa shape index (κ3) is 5.68. The van der Waals surface area contributed by atoms with E-state index in [1.807, 2.05) is 25.1 Å². The molecule has 3 aliphatic rings. The predicted molar refractivity (Wildman–Crippen MR) is 164 cm³/mol. The first-order chi connectivity index (χ1) is 22.6. The second-order valence-corrected chi connectivity index (χ2v) is 12.7. The smallest absolute Gasteiger partial charge is 0.443 e. The van der Waals surface area contributed by atoms with Crippen molar-refractivity contribution in [3.8, 4) is 22.9 Å². The number of imidazole rings is 1. The van der Waals surface area contributed by atoms with Gasteiger partial charge in [-0.15, -0.1) is 10.2 Å². The van der Waals surface area contributed by atoms with Crippen LogP contribution in [0, 0.1) is 0 Å². The molecular formula is C32H30ClF3N8O3. The molecule has 2 atom stereocenters. The van der Waals surface area contributed by atoms with Gasteiger partial charge in [-0.2, -0.15) is 13.2 Å². The van der Waals surface area contributed by atoms with E-state index in [1.54, 1.807) is 18.3 Å². The van der Waals surface area contributed by atoms with Crippen LogP contribution in [0.25, 0.3) is 22.6 Å². The molecule has 2 saturated heterocycles. The topological polar surface area (TPSA) is 116 Å². The average molecular weight is 667 g/mol. The van der Waals surface area contributed by atoms with E-state index >= 15 is 0 Å². The summed E-state index contributed by atoms with van der Waals surface area (Å²) in [6, 6.07) is 11.3. The van der Waals surface area contributed by atoms with Gasteiger partial charge in [-0.3, -0.25) is 9.88 Å². The molecule has 8 rings (SSSR count). The number of para-hydroxylation sites is 1. The van der Waals surface area contributed by atoms with Gasteiger partial charge in [0.25, 0.3) is 5.79 Å². The summed E-state index contributed by atoms with van der Waals surface area (Å²) in [5.41, 5.74) is 3.36. The zero-order valence-electron chi connectivity index (χ0n) is 25.3. The van der Waals surface area contributed by atoms with E-state index in [1.165, 1.54) is 6.20 Å². The molecule has 4 aromatic heterocycles. The minimum absolute atomic E-state index is 0.0151. The molecule has 2 unspecified atom stereocenters. The molecule has 0 spiro atoms. The summed E-state index contributed by atoms with van der Waals surface area (Å²) in [4.78, 5) is 18.5. The Kier molecular flexibility index (Phi) is 7.33. The lowest BCUT2D eigenvalue weighted by atomic mass is 9.88. The van der Waals surface area contributed by atoms with Crippen LogP contribution in [0.15, 0.2) is 48.8 Å². The third-order valence-electron chi connectivity index (χ3n) is 9.07. The zero-order chi connectivity index (χ0) is 32.3. The number of piperidine rings is 1. The first kappa shape index (κ1) is 30.1. The van der Waals surface area contributed by atoms with E-state index in [4.69, 9.17) is 30.8 Å². The molecule has 0 saturated carbocycles. The number of likely N-dealkylation sites (tertiary alicyclic amines) is 1. The molecule has 1 aromatic carbocycles. The van der Waals surface area contributed by atoms with Gasteiger partial charge in [0.2, 0.25) is 5.82 Å². The molecule has 1 N–H and O–H groups in total. The Morgan fingerprint density at radius 1 is 1.04 bits per heavy atom. The maximum absolute atomic E-state index is 13.1. The van der Waals surface area contributed by atoms with Gasteiger partial charge in [-0.25, -0.2) is 9.97 Å². The molecule has 7 heterocycles. The second-order valence-electron chi connectivity index (χ2n) is 12.2. The second kappa shape index (κ2) is 11.5. The summed E-state index contributed by atoms with van der Waals surface area (Å²) in [6.07, 6.45) is 1.30. The Bertz CT molecular complexity index is 1940. The van der Waals surface area contributed by atoms with Gasteiger partial charge in [0.05, 0.1) is 24.2 Å². The number of ether oxygens (including phenoxy) is 3. The standard InChI is InChI=1S/C32H30ClF3N8O3/c1-31(25-6-5-20(33)15-37-25)46-24-4-2-3-22(27(24)47-31)18-7-10-43(11-8-18)17-26-39-23-13-19(28-40-30(42-41-28)32(34,35)36)14-38-29(23)44(26)16-21-9-12-45-21/h2-6,13-15,18,21H,7-12,16-17H2,1H3,(H,40,41,42). The fourth-order valence-corrected chi connectivity index (χ4v) is 6.58. The number of hydrogen-bond donors (Lipinski definition) is 1. The van der Waals surface area contributed by atoms with Crippen LogP contribution in [0.2, 0.25) is 5.02 Å². The molecule has 0 bridgehead atoms.